The molecule has 24 heavy (non-hydrogen) atoms. The summed E-state index contributed by atoms with van der Waals surface area (Å²) in [6, 6.07) is 2.58. The molecule has 2 saturated heterocycles. The Hall–Kier alpha value is -2.97. The molecule has 2 atom stereocenters. The summed E-state index contributed by atoms with van der Waals surface area (Å²) in [5, 5.41) is 2.64. The normalized spacial score (nSPS) is 22.9. The number of carbonyl (C=O) groups is 4. The Morgan fingerprint density at radius 2 is 1.92 bits per heavy atom. The Bertz CT molecular complexity index is 720. The van der Waals surface area contributed by atoms with Gasteiger partial charge in [0, 0.05) is 6.54 Å². The maximum atomic E-state index is 13.1. The van der Waals surface area contributed by atoms with E-state index in [0.29, 0.717) is 6.42 Å². The number of urea groups is 1. The largest absolute Gasteiger partial charge is 0.462 e. The highest BCUT2D eigenvalue weighted by Crippen LogP contribution is 2.28. The quantitative estimate of drug-likeness (QED) is 0.577. The van der Waals surface area contributed by atoms with Crippen LogP contribution in [0.2, 0.25) is 0 Å². The minimum absolute atomic E-state index is 0.145. The summed E-state index contributed by atoms with van der Waals surface area (Å²) in [4.78, 5) is 50.4. The topological polar surface area (TPSA) is 96.0 Å². The number of ether oxygens (including phenoxy) is 1. The van der Waals surface area contributed by atoms with Gasteiger partial charge in [0.1, 0.15) is 11.9 Å². The van der Waals surface area contributed by atoms with Gasteiger partial charge in [0.05, 0.1) is 18.8 Å². The van der Waals surface area contributed by atoms with Crippen molar-refractivity contribution in [2.75, 3.05) is 18.6 Å². The number of rotatable bonds is 1. The van der Waals surface area contributed by atoms with Crippen molar-refractivity contribution in [1.82, 2.24) is 10.2 Å². The molecule has 2 aliphatic heterocycles. The molecule has 2 aliphatic rings. The van der Waals surface area contributed by atoms with Crippen LogP contribution in [-0.2, 0) is 19.1 Å². The molecule has 126 valence electrons. The van der Waals surface area contributed by atoms with Crippen LogP contribution in [0.4, 0.5) is 14.9 Å². The van der Waals surface area contributed by atoms with Crippen molar-refractivity contribution in [2.24, 2.45) is 0 Å². The first-order valence-electron chi connectivity index (χ1n) is 7.23. The van der Waals surface area contributed by atoms with Crippen molar-refractivity contribution in [3.63, 3.8) is 0 Å². The Morgan fingerprint density at radius 3 is 2.54 bits per heavy atom. The van der Waals surface area contributed by atoms with Gasteiger partial charge in [0.25, 0.3) is 5.91 Å². The number of halogens is 1. The monoisotopic (exact) mass is 335 g/mol. The molecule has 0 aliphatic carbocycles. The number of amides is 4. The Labute approximate surface area is 136 Å². The van der Waals surface area contributed by atoms with Gasteiger partial charge in [-0.25, -0.2) is 18.9 Å². The van der Waals surface area contributed by atoms with Crippen LogP contribution >= 0.6 is 0 Å². The van der Waals surface area contributed by atoms with E-state index in [0.717, 1.165) is 29.0 Å². The molecule has 9 heteroatoms. The molecule has 4 amide bonds. The van der Waals surface area contributed by atoms with E-state index >= 15 is 0 Å². The first-order valence-corrected chi connectivity index (χ1v) is 7.23. The van der Waals surface area contributed by atoms with E-state index in [2.05, 4.69) is 10.1 Å². The van der Waals surface area contributed by atoms with Crippen molar-refractivity contribution < 1.29 is 28.3 Å². The molecule has 1 aromatic rings. The van der Waals surface area contributed by atoms with Gasteiger partial charge in [-0.2, -0.15) is 0 Å². The molecule has 0 aromatic heterocycles. The van der Waals surface area contributed by atoms with Crippen LogP contribution in [0.3, 0.4) is 0 Å². The third-order valence-corrected chi connectivity index (χ3v) is 4.09. The van der Waals surface area contributed by atoms with Gasteiger partial charge in [-0.05, 0) is 30.7 Å². The van der Waals surface area contributed by atoms with Gasteiger partial charge in [0.2, 0.25) is 0 Å². The van der Waals surface area contributed by atoms with Crippen molar-refractivity contribution >= 4 is 29.5 Å². The molecule has 2 heterocycles. The number of nitrogens with zero attached hydrogens (tertiary/aromatic N) is 2. The second-order valence-electron chi connectivity index (χ2n) is 5.43. The van der Waals surface area contributed by atoms with Gasteiger partial charge in [-0.1, -0.05) is 0 Å². The highest BCUT2D eigenvalue weighted by molar-refractivity contribution is 6.33. The minimum Gasteiger partial charge on any atom is -0.462 e. The number of nitrogens with one attached hydrogen (secondary N) is 1. The zero-order valence-electron chi connectivity index (χ0n) is 12.7. The lowest BCUT2D eigenvalue weighted by Crippen LogP contribution is -2.65. The Balaban J connectivity index is 1.91. The third-order valence-electron chi connectivity index (χ3n) is 4.09. The second kappa shape index (κ2) is 5.91. The average Bonchev–Trinajstić information content (AvgIpc) is 2.99. The molecule has 0 spiro atoms. The lowest BCUT2D eigenvalue weighted by atomic mass is 10.0. The molecule has 3 rings (SSSR count). The van der Waals surface area contributed by atoms with Gasteiger partial charge in [-0.3, -0.25) is 9.59 Å². The number of imide groups is 1. The van der Waals surface area contributed by atoms with Crippen LogP contribution in [0.15, 0.2) is 24.3 Å². The van der Waals surface area contributed by atoms with Gasteiger partial charge in [0.15, 0.2) is 0 Å². The molecule has 8 nitrogen and oxygen atoms in total. The molecule has 0 unspecified atom stereocenters. The molecular formula is C15H14FN3O5. The molecule has 1 aromatic carbocycles. The number of hydrogen-bond acceptors (Lipinski definition) is 5. The summed E-state index contributed by atoms with van der Waals surface area (Å²) in [6.07, 6.45) is 0.349. The van der Waals surface area contributed by atoms with Crippen molar-refractivity contribution in [2.45, 2.75) is 18.5 Å². The van der Waals surface area contributed by atoms with Crippen LogP contribution in [0.5, 0.6) is 0 Å². The molecule has 0 radical (unpaired) electrons. The Morgan fingerprint density at radius 1 is 1.25 bits per heavy atom. The van der Waals surface area contributed by atoms with E-state index in [1.54, 1.807) is 0 Å². The summed E-state index contributed by atoms with van der Waals surface area (Å²) < 4.78 is 17.5. The number of carbonyl (C=O) groups excluding carboxylic acids is 4. The van der Waals surface area contributed by atoms with Crippen molar-refractivity contribution in [3.8, 4) is 0 Å². The predicted molar refractivity (Wildman–Crippen MR) is 78.3 cm³/mol. The number of likely N-dealkylation sites (tertiary alicyclic amines) is 1. The van der Waals surface area contributed by atoms with Gasteiger partial charge >= 0.3 is 17.9 Å². The van der Waals surface area contributed by atoms with Gasteiger partial charge < -0.3 is 15.0 Å². The van der Waals surface area contributed by atoms with E-state index in [-0.39, 0.29) is 12.2 Å². The first kappa shape index (κ1) is 15.9. The standard InChI is InChI=1S/C15H14FN3O5/c1-24-14(22)13(21)18-7-6-10-11(18)12(20)19(15(23)17-10)9-4-2-8(16)3-5-9/h2-5,10-11H,6-7H2,1H3,(H,17,23)/t10-,11-/m0/s1. The van der Waals surface area contributed by atoms with Crippen LogP contribution in [0.25, 0.3) is 0 Å². The van der Waals surface area contributed by atoms with Crippen LogP contribution in [-0.4, -0.2) is 54.5 Å². The molecule has 1 N–H and O–H groups in total. The minimum atomic E-state index is -1.08. The number of fused-ring (bicyclic) bond motifs is 1. The highest BCUT2D eigenvalue weighted by atomic mass is 19.1. The molecule has 2 fully saturated rings. The smallest absolute Gasteiger partial charge is 0.396 e. The summed E-state index contributed by atoms with van der Waals surface area (Å²) in [6.45, 7) is 0.145. The SMILES string of the molecule is COC(=O)C(=O)N1CC[C@@H]2NC(=O)N(c3ccc(F)cc3)C(=O)[C@H]21. The van der Waals surface area contributed by atoms with Crippen molar-refractivity contribution in [1.29, 1.82) is 0 Å². The third kappa shape index (κ3) is 2.47. The molecule has 0 saturated carbocycles. The molecular weight excluding hydrogens is 321 g/mol. The van der Waals surface area contributed by atoms with E-state index in [1.807, 2.05) is 0 Å². The maximum absolute atomic E-state index is 13.1. The van der Waals surface area contributed by atoms with Gasteiger partial charge in [-0.15, -0.1) is 0 Å². The lowest BCUT2D eigenvalue weighted by Gasteiger charge is -2.36. The number of hydrogen-bond donors (Lipinski definition) is 1. The summed E-state index contributed by atoms with van der Waals surface area (Å²) in [5.41, 5.74) is 0.176. The molecule has 0 bridgehead atoms. The zero-order chi connectivity index (χ0) is 17.4. The van der Waals surface area contributed by atoms with Crippen molar-refractivity contribution in [3.05, 3.63) is 30.1 Å². The average molecular weight is 335 g/mol. The summed E-state index contributed by atoms with van der Waals surface area (Å²) >= 11 is 0. The van der Waals surface area contributed by atoms with E-state index in [9.17, 15) is 23.6 Å². The van der Waals surface area contributed by atoms with E-state index in [1.165, 1.54) is 12.1 Å². The van der Waals surface area contributed by atoms with Crippen LogP contribution in [0, 0.1) is 5.82 Å². The predicted octanol–water partition coefficient (Wildman–Crippen LogP) is 0.0244. The van der Waals surface area contributed by atoms with Crippen LogP contribution < -0.4 is 10.2 Å². The summed E-state index contributed by atoms with van der Waals surface area (Å²) in [5.74, 6) is -3.17. The fourth-order valence-electron chi connectivity index (χ4n) is 2.97. The number of esters is 1. The first-order chi connectivity index (χ1) is 11.4. The Kier molecular flexibility index (Phi) is 3.92. The maximum Gasteiger partial charge on any atom is 0.396 e. The number of methoxy groups -OCH3 is 1. The van der Waals surface area contributed by atoms with Crippen LogP contribution in [0.1, 0.15) is 6.42 Å². The zero-order valence-corrected chi connectivity index (χ0v) is 12.7. The number of benzene rings is 1. The summed E-state index contributed by atoms with van der Waals surface area (Å²) in [7, 11) is 1.07. The lowest BCUT2D eigenvalue weighted by molar-refractivity contribution is -0.159. The highest BCUT2D eigenvalue weighted by Gasteiger charge is 2.51. The van der Waals surface area contributed by atoms with E-state index in [4.69, 9.17) is 0 Å². The van der Waals surface area contributed by atoms with E-state index < -0.39 is 41.7 Å². The fourth-order valence-corrected chi connectivity index (χ4v) is 2.97. The second-order valence-corrected chi connectivity index (χ2v) is 5.43. The number of anilines is 1. The fraction of sp³-hybridized carbons (Fsp3) is 0.333.